The quantitative estimate of drug-likeness (QED) is 0.500. The van der Waals surface area contributed by atoms with Crippen LogP contribution in [0.4, 0.5) is 0 Å². The number of hydrogen-bond acceptors (Lipinski definition) is 5. The lowest BCUT2D eigenvalue weighted by Crippen LogP contribution is -2.40. The van der Waals surface area contributed by atoms with E-state index in [-0.39, 0.29) is 0 Å². The minimum absolute atomic E-state index is 0.408. The summed E-state index contributed by atoms with van der Waals surface area (Å²) in [5.41, 5.74) is 4.62. The third-order valence-corrected chi connectivity index (χ3v) is 1.66. The van der Waals surface area contributed by atoms with E-state index in [1.807, 2.05) is 0 Å². The van der Waals surface area contributed by atoms with Gasteiger partial charge in [0.25, 0.3) is 0 Å². The third-order valence-electron chi connectivity index (χ3n) is 1.03. The van der Waals surface area contributed by atoms with Gasteiger partial charge in [-0.15, -0.1) is 0 Å². The van der Waals surface area contributed by atoms with Crippen LogP contribution in [0.3, 0.4) is 0 Å². The van der Waals surface area contributed by atoms with Crippen LogP contribution in [0.2, 0.25) is 0 Å². The zero-order valence-corrected chi connectivity index (χ0v) is 8.72. The molecule has 2 unspecified atom stereocenters. The first-order chi connectivity index (χ1) is 5.72. The van der Waals surface area contributed by atoms with Gasteiger partial charge in [0, 0.05) is 5.75 Å². The molecule has 6 heteroatoms. The summed E-state index contributed by atoms with van der Waals surface area (Å²) in [5, 5.41) is 0. The van der Waals surface area contributed by atoms with Gasteiger partial charge < -0.3 is 15.0 Å². The number of ether oxygens (including phenoxy) is 1. The van der Waals surface area contributed by atoms with E-state index in [2.05, 4.69) is 0 Å². The van der Waals surface area contributed by atoms with Gasteiger partial charge in [-0.2, -0.15) is 0 Å². The molecule has 0 heterocycles. The minimum atomic E-state index is -2.32. The van der Waals surface area contributed by atoms with E-state index in [9.17, 15) is 13.6 Å². The van der Waals surface area contributed by atoms with Crippen molar-refractivity contribution < 1.29 is 18.3 Å². The van der Waals surface area contributed by atoms with Crippen LogP contribution in [-0.2, 0) is 20.6 Å². The van der Waals surface area contributed by atoms with Crippen molar-refractivity contribution in [2.75, 3.05) is 5.75 Å². The minimum Gasteiger partial charge on any atom is -0.772 e. The molecule has 0 rings (SSSR count). The molecule has 0 aromatic rings. The number of carbonyl (C=O) groups excluding carboxylic acids is 1. The molecule has 5 nitrogen and oxygen atoms in total. The van der Waals surface area contributed by atoms with E-state index in [0.717, 1.165) is 0 Å². The average Bonchev–Trinajstić information content (AvgIpc) is 1.81. The first kappa shape index (κ1) is 12.5. The topological polar surface area (TPSA) is 92.5 Å². The lowest BCUT2D eigenvalue weighted by Gasteiger charge is -2.22. The Hall–Kier alpha value is -0.460. The maximum Gasteiger partial charge on any atom is 0.324 e. The van der Waals surface area contributed by atoms with Crippen molar-refractivity contribution in [2.24, 2.45) is 5.73 Å². The second-order valence-corrected chi connectivity index (χ2v) is 4.55. The molecule has 2 N–H and O–H groups in total. The Morgan fingerprint density at radius 1 is 1.62 bits per heavy atom. The number of carbonyl (C=O) groups is 1. The first-order valence-electron chi connectivity index (χ1n) is 3.76. The molecule has 0 aliphatic rings. The average molecular weight is 208 g/mol. The Balaban J connectivity index is 4.05. The normalized spacial score (nSPS) is 16.4. The monoisotopic (exact) mass is 208 g/mol. The van der Waals surface area contributed by atoms with Crippen LogP contribution in [0.15, 0.2) is 0 Å². The highest BCUT2D eigenvalue weighted by Gasteiger charge is 2.21. The van der Waals surface area contributed by atoms with Crippen LogP contribution in [0, 0.1) is 0 Å². The maximum atomic E-state index is 11.1. The molecular formula is C7H14NO4S-. The summed E-state index contributed by atoms with van der Waals surface area (Å²) >= 11 is -2.32. The van der Waals surface area contributed by atoms with Gasteiger partial charge in [0.2, 0.25) is 0 Å². The molecule has 13 heavy (non-hydrogen) atoms. The van der Waals surface area contributed by atoms with Crippen molar-refractivity contribution in [3.8, 4) is 0 Å². The fraction of sp³-hybridized carbons (Fsp3) is 0.857. The van der Waals surface area contributed by atoms with Gasteiger partial charge in [0.1, 0.15) is 11.6 Å². The summed E-state index contributed by atoms with van der Waals surface area (Å²) in [4.78, 5) is 11.1. The molecular weight excluding hydrogens is 194 g/mol. The molecule has 0 bridgehead atoms. The van der Waals surface area contributed by atoms with Gasteiger partial charge in [-0.3, -0.25) is 9.00 Å². The van der Waals surface area contributed by atoms with Gasteiger partial charge in [0.05, 0.1) is 0 Å². The number of rotatable bonds is 3. The van der Waals surface area contributed by atoms with Gasteiger partial charge in [-0.1, -0.05) is 11.1 Å². The van der Waals surface area contributed by atoms with Crippen LogP contribution in [0.25, 0.3) is 0 Å². The summed E-state index contributed by atoms with van der Waals surface area (Å²) in [6.07, 6.45) is 0. The summed E-state index contributed by atoms with van der Waals surface area (Å²) in [5.74, 6) is -1.11. The zero-order chi connectivity index (χ0) is 10.6. The number of nitrogens with two attached hydrogens (primary N) is 1. The second-order valence-electron chi connectivity index (χ2n) is 3.61. The van der Waals surface area contributed by atoms with E-state index < -0.39 is 34.4 Å². The maximum absolute atomic E-state index is 11.1. The molecule has 0 spiro atoms. The first-order valence-corrected chi connectivity index (χ1v) is 5.01. The predicted molar refractivity (Wildman–Crippen MR) is 47.6 cm³/mol. The SMILES string of the molecule is CC(C)(C)OC(=O)C(N)CS(=O)[O-]. The molecule has 0 saturated carbocycles. The Morgan fingerprint density at radius 3 is 2.38 bits per heavy atom. The largest absolute Gasteiger partial charge is 0.772 e. The summed E-state index contributed by atoms with van der Waals surface area (Å²) in [6, 6.07) is -1.10. The lowest BCUT2D eigenvalue weighted by atomic mass is 10.2. The summed E-state index contributed by atoms with van der Waals surface area (Å²) in [7, 11) is 0. The van der Waals surface area contributed by atoms with Crippen molar-refractivity contribution in [1.29, 1.82) is 0 Å². The summed E-state index contributed by atoms with van der Waals surface area (Å²) < 4.78 is 25.2. The molecule has 0 amide bonds. The van der Waals surface area contributed by atoms with Crippen molar-refractivity contribution in [3.63, 3.8) is 0 Å². The fourth-order valence-corrected chi connectivity index (χ4v) is 1.02. The molecule has 0 aromatic heterocycles. The standard InChI is InChI=1S/C7H15NO4S/c1-7(2,3)12-6(9)5(8)4-13(10)11/h5H,4,8H2,1-3H3,(H,10,11)/p-1. The smallest absolute Gasteiger partial charge is 0.324 e. The molecule has 0 aliphatic carbocycles. The van der Waals surface area contributed by atoms with E-state index in [1.54, 1.807) is 20.8 Å². The number of hydrogen-bond donors (Lipinski definition) is 1. The highest BCUT2D eigenvalue weighted by atomic mass is 32.2. The molecule has 78 valence electrons. The van der Waals surface area contributed by atoms with Gasteiger partial charge in [0.15, 0.2) is 0 Å². The van der Waals surface area contributed by atoms with Crippen LogP contribution in [0.5, 0.6) is 0 Å². The Morgan fingerprint density at radius 2 is 2.08 bits per heavy atom. The van der Waals surface area contributed by atoms with Crippen molar-refractivity contribution in [3.05, 3.63) is 0 Å². The molecule has 0 radical (unpaired) electrons. The zero-order valence-electron chi connectivity index (χ0n) is 7.90. The van der Waals surface area contributed by atoms with E-state index in [4.69, 9.17) is 10.5 Å². The van der Waals surface area contributed by atoms with E-state index >= 15 is 0 Å². The Bertz CT molecular complexity index is 211. The van der Waals surface area contributed by atoms with Gasteiger partial charge >= 0.3 is 5.97 Å². The lowest BCUT2D eigenvalue weighted by molar-refractivity contribution is -0.155. The van der Waals surface area contributed by atoms with Crippen molar-refractivity contribution in [1.82, 2.24) is 0 Å². The summed E-state index contributed by atoms with van der Waals surface area (Å²) in [6.45, 7) is 5.06. The third kappa shape index (κ3) is 6.68. The Kier molecular flexibility index (Phi) is 4.52. The van der Waals surface area contributed by atoms with Crippen molar-refractivity contribution >= 4 is 17.0 Å². The van der Waals surface area contributed by atoms with E-state index in [0.29, 0.717) is 0 Å². The Labute approximate surface area is 79.9 Å². The predicted octanol–water partition coefficient (Wildman–Crippen LogP) is -0.465. The highest BCUT2D eigenvalue weighted by molar-refractivity contribution is 7.79. The van der Waals surface area contributed by atoms with E-state index in [1.165, 1.54) is 0 Å². The number of esters is 1. The fourth-order valence-electron chi connectivity index (χ4n) is 0.592. The second kappa shape index (κ2) is 4.69. The molecule has 2 atom stereocenters. The molecule has 0 aromatic carbocycles. The van der Waals surface area contributed by atoms with Crippen LogP contribution >= 0.6 is 0 Å². The molecule has 0 saturated heterocycles. The van der Waals surface area contributed by atoms with Gasteiger partial charge in [-0.05, 0) is 20.8 Å². The van der Waals surface area contributed by atoms with Crippen LogP contribution in [-0.4, -0.2) is 32.1 Å². The molecule has 0 fully saturated rings. The van der Waals surface area contributed by atoms with Crippen molar-refractivity contribution in [2.45, 2.75) is 32.4 Å². The highest BCUT2D eigenvalue weighted by Crippen LogP contribution is 2.07. The molecule has 0 aliphatic heterocycles. The van der Waals surface area contributed by atoms with Crippen LogP contribution in [0.1, 0.15) is 20.8 Å². The van der Waals surface area contributed by atoms with Crippen LogP contribution < -0.4 is 5.73 Å². The van der Waals surface area contributed by atoms with Gasteiger partial charge in [-0.25, -0.2) is 0 Å².